The second-order valence-electron chi connectivity index (χ2n) is 4.56. The molecule has 1 amide bonds. The molecule has 0 radical (unpaired) electrons. The van der Waals surface area contributed by atoms with Gasteiger partial charge in [-0.15, -0.1) is 11.3 Å². The molecular weight excluding hydrogens is 446 g/mol. The first-order valence-electron chi connectivity index (χ1n) is 5.93. The van der Waals surface area contributed by atoms with E-state index >= 15 is 0 Å². The summed E-state index contributed by atoms with van der Waals surface area (Å²) in [6.07, 6.45) is 4.84. The van der Waals surface area contributed by atoms with Gasteiger partial charge in [-0.3, -0.25) is 4.79 Å². The highest BCUT2D eigenvalue weighted by atomic mass is 79.9. The minimum Gasteiger partial charge on any atom is -0.351 e. The van der Waals surface area contributed by atoms with Gasteiger partial charge in [0.25, 0.3) is 5.91 Å². The van der Waals surface area contributed by atoms with Crippen LogP contribution in [0.1, 0.15) is 35.4 Å². The van der Waals surface area contributed by atoms with E-state index in [9.17, 15) is 4.79 Å². The van der Waals surface area contributed by atoms with Crippen molar-refractivity contribution >= 4 is 65.0 Å². The van der Waals surface area contributed by atoms with Crippen LogP contribution in [0.2, 0.25) is 0 Å². The van der Waals surface area contributed by atoms with Crippen LogP contribution in [0.5, 0.6) is 0 Å². The summed E-state index contributed by atoms with van der Waals surface area (Å²) < 4.78 is 1.91. The Bertz CT molecular complexity index is 407. The topological polar surface area (TPSA) is 29.1 Å². The lowest BCUT2D eigenvalue weighted by molar-refractivity contribution is 0.0948. The average Bonchev–Trinajstić information content (AvgIpc) is 2.69. The van der Waals surface area contributed by atoms with Gasteiger partial charge in [-0.1, -0.05) is 15.9 Å². The number of thiophene rings is 1. The molecule has 0 unspecified atom stereocenters. The minimum atomic E-state index is 0.0346. The van der Waals surface area contributed by atoms with E-state index in [4.69, 9.17) is 0 Å². The standard InChI is InChI=1S/C12H14Br3NOS/c13-8-3-1-7(2-4-8)6-16-12(17)10-5-9(14)11(15)18-10/h5,7-8H,1-4,6H2,(H,16,17). The number of hydrogen-bond donors (Lipinski definition) is 1. The fraction of sp³-hybridized carbons (Fsp3) is 0.583. The van der Waals surface area contributed by atoms with Crippen LogP contribution in [0.25, 0.3) is 0 Å². The maximum atomic E-state index is 12.0. The van der Waals surface area contributed by atoms with Gasteiger partial charge in [-0.25, -0.2) is 0 Å². The van der Waals surface area contributed by atoms with Crippen LogP contribution in [0, 0.1) is 5.92 Å². The van der Waals surface area contributed by atoms with E-state index in [1.165, 1.54) is 37.0 Å². The third kappa shape index (κ3) is 4.05. The number of hydrogen-bond acceptors (Lipinski definition) is 2. The third-order valence-electron chi connectivity index (χ3n) is 3.20. The van der Waals surface area contributed by atoms with Crippen molar-refractivity contribution in [1.82, 2.24) is 5.32 Å². The first-order valence-corrected chi connectivity index (χ1v) is 9.25. The molecule has 1 saturated carbocycles. The van der Waals surface area contributed by atoms with Crippen molar-refractivity contribution in [3.05, 3.63) is 19.2 Å². The largest absolute Gasteiger partial charge is 0.351 e. The van der Waals surface area contributed by atoms with Gasteiger partial charge in [0.2, 0.25) is 0 Å². The predicted molar refractivity (Wildman–Crippen MR) is 86.7 cm³/mol. The zero-order chi connectivity index (χ0) is 13.1. The van der Waals surface area contributed by atoms with Gasteiger partial charge in [-0.2, -0.15) is 0 Å². The van der Waals surface area contributed by atoms with Crippen LogP contribution in [-0.2, 0) is 0 Å². The molecule has 1 aliphatic carbocycles. The summed E-state index contributed by atoms with van der Waals surface area (Å²) in [7, 11) is 0. The second kappa shape index (κ2) is 6.86. The molecule has 0 saturated heterocycles. The lowest BCUT2D eigenvalue weighted by Gasteiger charge is -2.25. The van der Waals surface area contributed by atoms with E-state index in [1.807, 2.05) is 6.07 Å². The number of alkyl halides is 1. The normalized spacial score (nSPS) is 23.9. The molecule has 0 bridgehead atoms. The molecule has 6 heteroatoms. The Morgan fingerprint density at radius 2 is 2.00 bits per heavy atom. The van der Waals surface area contributed by atoms with Gasteiger partial charge >= 0.3 is 0 Å². The van der Waals surface area contributed by atoms with Gasteiger partial charge in [0.1, 0.15) is 0 Å². The summed E-state index contributed by atoms with van der Waals surface area (Å²) >= 11 is 11.9. The van der Waals surface area contributed by atoms with Crippen molar-refractivity contribution < 1.29 is 4.79 Å². The highest BCUT2D eigenvalue weighted by Crippen LogP contribution is 2.32. The highest BCUT2D eigenvalue weighted by molar-refractivity contribution is 9.13. The van der Waals surface area contributed by atoms with Crippen LogP contribution in [0.3, 0.4) is 0 Å². The van der Waals surface area contributed by atoms with Gasteiger partial charge in [0, 0.05) is 15.8 Å². The number of rotatable bonds is 3. The molecule has 18 heavy (non-hydrogen) atoms. The van der Waals surface area contributed by atoms with Crippen molar-refractivity contribution in [3.63, 3.8) is 0 Å². The predicted octanol–water partition coefficient (Wildman–Crippen LogP) is 4.96. The molecule has 2 rings (SSSR count). The van der Waals surface area contributed by atoms with E-state index in [0.29, 0.717) is 10.7 Å². The highest BCUT2D eigenvalue weighted by Gasteiger charge is 2.20. The summed E-state index contributed by atoms with van der Waals surface area (Å²) in [6, 6.07) is 1.86. The Hall–Kier alpha value is 0.610. The lowest BCUT2D eigenvalue weighted by Crippen LogP contribution is -2.30. The minimum absolute atomic E-state index is 0.0346. The molecule has 1 fully saturated rings. The average molecular weight is 460 g/mol. The van der Waals surface area contributed by atoms with Crippen molar-refractivity contribution in [2.24, 2.45) is 5.92 Å². The number of carbonyl (C=O) groups excluding carboxylic acids is 1. The lowest BCUT2D eigenvalue weighted by atomic mass is 9.89. The SMILES string of the molecule is O=C(NCC1CCC(Br)CC1)c1cc(Br)c(Br)s1. The van der Waals surface area contributed by atoms with Crippen LogP contribution < -0.4 is 5.32 Å². The van der Waals surface area contributed by atoms with Crippen LogP contribution in [0.15, 0.2) is 14.3 Å². The van der Waals surface area contributed by atoms with Crippen molar-refractivity contribution in [1.29, 1.82) is 0 Å². The molecule has 1 aromatic rings. The zero-order valence-corrected chi connectivity index (χ0v) is 15.3. The van der Waals surface area contributed by atoms with Crippen LogP contribution in [0.4, 0.5) is 0 Å². The quantitative estimate of drug-likeness (QED) is 0.636. The number of halogens is 3. The Morgan fingerprint density at radius 3 is 2.56 bits per heavy atom. The molecule has 1 N–H and O–H groups in total. The van der Waals surface area contributed by atoms with Gasteiger partial charge < -0.3 is 5.32 Å². The van der Waals surface area contributed by atoms with E-state index < -0.39 is 0 Å². The Morgan fingerprint density at radius 1 is 1.33 bits per heavy atom. The van der Waals surface area contributed by atoms with E-state index in [1.54, 1.807) is 0 Å². The Balaban J connectivity index is 1.81. The Kier molecular flexibility index (Phi) is 5.72. The summed E-state index contributed by atoms with van der Waals surface area (Å²) in [5.41, 5.74) is 0. The molecule has 0 spiro atoms. The van der Waals surface area contributed by atoms with Crippen molar-refractivity contribution in [3.8, 4) is 0 Å². The van der Waals surface area contributed by atoms with Crippen LogP contribution >= 0.6 is 59.1 Å². The van der Waals surface area contributed by atoms with E-state index in [-0.39, 0.29) is 5.91 Å². The maximum absolute atomic E-state index is 12.0. The summed E-state index contributed by atoms with van der Waals surface area (Å²) in [6.45, 7) is 0.797. The number of nitrogens with one attached hydrogen (secondary N) is 1. The summed E-state index contributed by atoms with van der Waals surface area (Å²) in [4.78, 5) is 13.4. The molecule has 100 valence electrons. The summed E-state index contributed by atoms with van der Waals surface area (Å²) in [5.74, 6) is 0.668. The maximum Gasteiger partial charge on any atom is 0.261 e. The van der Waals surface area contributed by atoms with Gasteiger partial charge in [0.05, 0.1) is 8.66 Å². The molecular formula is C12H14Br3NOS. The third-order valence-corrected chi connectivity index (χ3v) is 7.37. The van der Waals surface area contributed by atoms with Crippen molar-refractivity contribution in [2.75, 3.05) is 6.54 Å². The molecule has 0 atom stereocenters. The van der Waals surface area contributed by atoms with Crippen molar-refractivity contribution in [2.45, 2.75) is 30.5 Å². The first-order chi connectivity index (χ1) is 8.56. The monoisotopic (exact) mass is 457 g/mol. The zero-order valence-electron chi connectivity index (χ0n) is 9.72. The molecule has 1 aliphatic rings. The second-order valence-corrected chi connectivity index (χ2v) is 9.08. The summed E-state index contributed by atoms with van der Waals surface area (Å²) in [5, 5.41) is 3.04. The fourth-order valence-electron chi connectivity index (χ4n) is 2.11. The number of amides is 1. The smallest absolute Gasteiger partial charge is 0.261 e. The van der Waals surface area contributed by atoms with Crippen LogP contribution in [-0.4, -0.2) is 17.3 Å². The molecule has 1 aromatic heterocycles. The van der Waals surface area contributed by atoms with Gasteiger partial charge in [0.15, 0.2) is 0 Å². The fourth-order valence-corrected chi connectivity index (χ4v) is 4.59. The molecule has 0 aromatic carbocycles. The number of carbonyl (C=O) groups is 1. The Labute approximate surface area is 136 Å². The van der Waals surface area contributed by atoms with E-state index in [0.717, 1.165) is 19.7 Å². The molecule has 0 aliphatic heterocycles. The van der Waals surface area contributed by atoms with Gasteiger partial charge in [-0.05, 0) is 69.5 Å². The molecule has 2 nitrogen and oxygen atoms in total. The molecule has 1 heterocycles. The van der Waals surface area contributed by atoms with E-state index in [2.05, 4.69) is 53.1 Å². The first kappa shape index (κ1) is 15.0.